The fourth-order valence-corrected chi connectivity index (χ4v) is 3.58. The third kappa shape index (κ3) is 3.40. The quantitative estimate of drug-likeness (QED) is 0.444. The number of halogens is 1. The molecule has 4 aromatic rings. The number of rotatable bonds is 5. The highest BCUT2D eigenvalue weighted by Crippen LogP contribution is 2.29. The highest BCUT2D eigenvalue weighted by molar-refractivity contribution is 9.10. The SMILES string of the molecule is Cn1c(SCc2nnc(-c3ccccc3Br)o2)nnc1-c1ccncc1. The number of hydrogen-bond acceptors (Lipinski definition) is 7. The van der Waals surface area contributed by atoms with E-state index in [4.69, 9.17) is 4.42 Å². The lowest BCUT2D eigenvalue weighted by atomic mass is 10.2. The molecule has 0 aliphatic carbocycles. The molecule has 0 N–H and O–H groups in total. The molecule has 0 amide bonds. The zero-order chi connectivity index (χ0) is 17.9. The van der Waals surface area contributed by atoms with Crippen molar-refractivity contribution in [2.75, 3.05) is 0 Å². The van der Waals surface area contributed by atoms with Crippen LogP contribution in [0.1, 0.15) is 5.89 Å². The highest BCUT2D eigenvalue weighted by atomic mass is 79.9. The van der Waals surface area contributed by atoms with E-state index in [9.17, 15) is 0 Å². The van der Waals surface area contributed by atoms with E-state index in [1.807, 2.05) is 48.0 Å². The van der Waals surface area contributed by atoms with Gasteiger partial charge in [-0.1, -0.05) is 23.9 Å². The molecule has 0 aliphatic heterocycles. The summed E-state index contributed by atoms with van der Waals surface area (Å²) in [5.41, 5.74) is 1.84. The van der Waals surface area contributed by atoms with Gasteiger partial charge in [-0.3, -0.25) is 4.98 Å². The van der Waals surface area contributed by atoms with Gasteiger partial charge >= 0.3 is 0 Å². The third-order valence-corrected chi connectivity index (χ3v) is 5.37. The van der Waals surface area contributed by atoms with Crippen LogP contribution in [-0.4, -0.2) is 29.9 Å². The van der Waals surface area contributed by atoms with Crippen LogP contribution in [0.5, 0.6) is 0 Å². The van der Waals surface area contributed by atoms with E-state index in [-0.39, 0.29) is 0 Å². The van der Waals surface area contributed by atoms with Crippen LogP contribution in [-0.2, 0) is 12.8 Å². The highest BCUT2D eigenvalue weighted by Gasteiger charge is 2.15. The molecule has 130 valence electrons. The van der Waals surface area contributed by atoms with Gasteiger partial charge in [0.2, 0.25) is 11.8 Å². The van der Waals surface area contributed by atoms with Crippen molar-refractivity contribution in [3.05, 3.63) is 59.2 Å². The monoisotopic (exact) mass is 428 g/mol. The lowest BCUT2D eigenvalue weighted by Crippen LogP contribution is -1.95. The van der Waals surface area contributed by atoms with Crippen molar-refractivity contribution in [1.29, 1.82) is 0 Å². The van der Waals surface area contributed by atoms with Crippen LogP contribution in [0.25, 0.3) is 22.8 Å². The molecule has 0 saturated heterocycles. The summed E-state index contributed by atoms with van der Waals surface area (Å²) in [6.45, 7) is 0. The topological polar surface area (TPSA) is 82.5 Å². The standard InChI is InChI=1S/C17H13BrN6OS/c1-24-15(11-6-8-19-9-7-11)21-23-17(24)26-10-14-20-22-16(25-14)12-4-2-3-5-13(12)18/h2-9H,10H2,1H3. The molecule has 3 aromatic heterocycles. The molecule has 0 spiro atoms. The Balaban J connectivity index is 1.49. The van der Waals surface area contributed by atoms with Gasteiger partial charge in [-0.05, 0) is 40.2 Å². The average molecular weight is 429 g/mol. The van der Waals surface area contributed by atoms with E-state index >= 15 is 0 Å². The summed E-state index contributed by atoms with van der Waals surface area (Å²) >= 11 is 4.99. The molecule has 0 saturated carbocycles. The normalized spacial score (nSPS) is 11.0. The molecule has 0 radical (unpaired) electrons. The van der Waals surface area contributed by atoms with Gasteiger partial charge in [0.15, 0.2) is 11.0 Å². The first-order chi connectivity index (χ1) is 12.7. The van der Waals surface area contributed by atoms with Crippen LogP contribution >= 0.6 is 27.7 Å². The molecule has 0 unspecified atom stereocenters. The lowest BCUT2D eigenvalue weighted by molar-refractivity contribution is 0.528. The Morgan fingerprint density at radius 2 is 1.85 bits per heavy atom. The number of benzene rings is 1. The number of nitrogens with zero attached hydrogens (tertiary/aromatic N) is 6. The number of hydrogen-bond donors (Lipinski definition) is 0. The van der Waals surface area contributed by atoms with Gasteiger partial charge in [-0.2, -0.15) is 0 Å². The van der Waals surface area contributed by atoms with Crippen LogP contribution in [0.15, 0.2) is 62.8 Å². The van der Waals surface area contributed by atoms with Crippen molar-refractivity contribution in [2.45, 2.75) is 10.9 Å². The second-order valence-corrected chi connectivity index (χ2v) is 7.17. The molecular formula is C17H13BrN6OS. The maximum atomic E-state index is 5.76. The average Bonchev–Trinajstić information content (AvgIpc) is 3.28. The van der Waals surface area contributed by atoms with E-state index < -0.39 is 0 Å². The van der Waals surface area contributed by atoms with Gasteiger partial charge in [0.25, 0.3) is 0 Å². The van der Waals surface area contributed by atoms with Gasteiger partial charge in [-0.15, -0.1) is 20.4 Å². The Kier molecular flexibility index (Phi) is 4.81. The largest absolute Gasteiger partial charge is 0.420 e. The first kappa shape index (κ1) is 16.9. The minimum absolute atomic E-state index is 0.489. The number of pyridine rings is 1. The summed E-state index contributed by atoms with van der Waals surface area (Å²) in [6, 6.07) is 11.5. The van der Waals surface area contributed by atoms with Crippen LogP contribution in [0.3, 0.4) is 0 Å². The molecule has 9 heteroatoms. The van der Waals surface area contributed by atoms with Crippen LogP contribution < -0.4 is 0 Å². The van der Waals surface area contributed by atoms with Crippen LogP contribution in [0, 0.1) is 0 Å². The first-order valence-electron chi connectivity index (χ1n) is 7.72. The van der Waals surface area contributed by atoms with Gasteiger partial charge in [0.05, 0.1) is 11.3 Å². The molecule has 3 heterocycles. The van der Waals surface area contributed by atoms with E-state index in [0.29, 0.717) is 17.5 Å². The molecule has 0 bridgehead atoms. The molecule has 7 nitrogen and oxygen atoms in total. The fraction of sp³-hybridized carbons (Fsp3) is 0.118. The van der Waals surface area contributed by atoms with Crippen molar-refractivity contribution >= 4 is 27.7 Å². The maximum absolute atomic E-state index is 5.76. The minimum atomic E-state index is 0.489. The van der Waals surface area contributed by atoms with Crippen molar-refractivity contribution in [3.8, 4) is 22.8 Å². The smallest absolute Gasteiger partial charge is 0.248 e. The molecule has 0 atom stereocenters. The molecule has 26 heavy (non-hydrogen) atoms. The van der Waals surface area contributed by atoms with Gasteiger partial charge in [0.1, 0.15) is 0 Å². The van der Waals surface area contributed by atoms with Crippen LogP contribution in [0.2, 0.25) is 0 Å². The molecule has 0 aliphatic rings. The summed E-state index contributed by atoms with van der Waals surface area (Å²) in [7, 11) is 1.93. The van der Waals surface area contributed by atoms with E-state index in [0.717, 1.165) is 26.6 Å². The summed E-state index contributed by atoms with van der Waals surface area (Å²) in [6.07, 6.45) is 3.47. The number of aromatic nitrogens is 6. The predicted molar refractivity (Wildman–Crippen MR) is 101 cm³/mol. The molecule has 4 rings (SSSR count). The Morgan fingerprint density at radius 1 is 1.04 bits per heavy atom. The van der Waals surface area contributed by atoms with E-state index in [1.165, 1.54) is 11.8 Å². The third-order valence-electron chi connectivity index (χ3n) is 3.67. The summed E-state index contributed by atoms with van der Waals surface area (Å²) in [5.74, 6) is 2.33. The zero-order valence-electron chi connectivity index (χ0n) is 13.7. The Bertz CT molecular complexity index is 1030. The van der Waals surface area contributed by atoms with Crippen molar-refractivity contribution < 1.29 is 4.42 Å². The van der Waals surface area contributed by atoms with Gasteiger partial charge < -0.3 is 8.98 Å². The van der Waals surface area contributed by atoms with Crippen molar-refractivity contribution in [3.63, 3.8) is 0 Å². The van der Waals surface area contributed by atoms with E-state index in [2.05, 4.69) is 41.3 Å². The maximum Gasteiger partial charge on any atom is 0.248 e. The summed E-state index contributed by atoms with van der Waals surface area (Å²) < 4.78 is 8.62. The minimum Gasteiger partial charge on any atom is -0.420 e. The molecular weight excluding hydrogens is 416 g/mol. The molecule has 1 aromatic carbocycles. The first-order valence-corrected chi connectivity index (χ1v) is 9.50. The predicted octanol–water partition coefficient (Wildman–Crippen LogP) is 3.98. The summed E-state index contributed by atoms with van der Waals surface area (Å²) in [5, 5.41) is 17.5. The van der Waals surface area contributed by atoms with Gasteiger partial charge in [0, 0.05) is 29.5 Å². The zero-order valence-corrected chi connectivity index (χ0v) is 16.1. The Labute approximate surface area is 162 Å². The lowest BCUT2D eigenvalue weighted by Gasteiger charge is -2.02. The van der Waals surface area contributed by atoms with E-state index in [1.54, 1.807) is 12.4 Å². The second kappa shape index (κ2) is 7.38. The fourth-order valence-electron chi connectivity index (χ4n) is 2.37. The second-order valence-electron chi connectivity index (χ2n) is 5.37. The Morgan fingerprint density at radius 3 is 2.65 bits per heavy atom. The Hall–Kier alpha value is -2.52. The van der Waals surface area contributed by atoms with Crippen LogP contribution in [0.4, 0.5) is 0 Å². The van der Waals surface area contributed by atoms with Crippen molar-refractivity contribution in [2.24, 2.45) is 7.05 Å². The summed E-state index contributed by atoms with van der Waals surface area (Å²) in [4.78, 5) is 4.02. The van der Waals surface area contributed by atoms with Crippen molar-refractivity contribution in [1.82, 2.24) is 29.9 Å². The van der Waals surface area contributed by atoms with Gasteiger partial charge in [-0.25, -0.2) is 0 Å². The molecule has 0 fully saturated rings. The number of thioether (sulfide) groups is 1.